The van der Waals surface area contributed by atoms with Crippen LogP contribution < -0.4 is 11.1 Å². The summed E-state index contributed by atoms with van der Waals surface area (Å²) >= 11 is 1.67. The molecule has 1 aliphatic carbocycles. The molecule has 0 amide bonds. The molecule has 3 nitrogen and oxygen atoms in total. The summed E-state index contributed by atoms with van der Waals surface area (Å²) in [6.45, 7) is 2.20. The average Bonchev–Trinajstić information content (AvgIpc) is 2.80. The van der Waals surface area contributed by atoms with Gasteiger partial charge in [-0.3, -0.25) is 0 Å². The first-order valence-corrected chi connectivity index (χ1v) is 7.12. The van der Waals surface area contributed by atoms with Crippen molar-refractivity contribution >= 4 is 11.3 Å². The maximum Gasteiger partial charge on any atom is 0.0794 e. The summed E-state index contributed by atoms with van der Waals surface area (Å²) in [5.41, 5.74) is 9.00. The van der Waals surface area contributed by atoms with E-state index in [2.05, 4.69) is 15.7 Å². The first-order chi connectivity index (χ1) is 7.84. The molecule has 0 atom stereocenters. The minimum absolute atomic E-state index is 0.464. The van der Waals surface area contributed by atoms with E-state index in [-0.39, 0.29) is 0 Å². The van der Waals surface area contributed by atoms with E-state index >= 15 is 0 Å². The minimum atomic E-state index is 0.464. The van der Waals surface area contributed by atoms with E-state index in [1.165, 1.54) is 31.4 Å². The molecular weight excluding hydrogens is 218 g/mol. The molecule has 0 bridgehead atoms. The fourth-order valence-electron chi connectivity index (χ4n) is 2.28. The number of rotatable bonds is 5. The molecule has 0 aromatic carbocycles. The van der Waals surface area contributed by atoms with Crippen molar-refractivity contribution < 1.29 is 0 Å². The molecule has 3 N–H and O–H groups in total. The fourth-order valence-corrected chi connectivity index (χ4v) is 2.87. The Bertz CT molecular complexity index is 278. The first kappa shape index (κ1) is 12.0. The number of nitrogens with one attached hydrogen (secondary N) is 1. The number of hydrogen-bond donors (Lipinski definition) is 2. The number of nitrogens with zero attached hydrogens (tertiary/aromatic N) is 1. The van der Waals surface area contributed by atoms with E-state index in [0.717, 1.165) is 25.4 Å². The summed E-state index contributed by atoms with van der Waals surface area (Å²) in [6, 6.07) is 0.464. The lowest BCUT2D eigenvalue weighted by Crippen LogP contribution is -2.32. The highest BCUT2D eigenvalue weighted by atomic mass is 32.1. The van der Waals surface area contributed by atoms with Crippen LogP contribution in [0.25, 0.3) is 0 Å². The quantitative estimate of drug-likeness (QED) is 0.770. The summed E-state index contributed by atoms with van der Waals surface area (Å²) in [5.74, 6) is 0.843. The Morgan fingerprint density at radius 3 is 2.88 bits per heavy atom. The van der Waals surface area contributed by atoms with Gasteiger partial charge in [0.15, 0.2) is 0 Å². The smallest absolute Gasteiger partial charge is 0.0794 e. The van der Waals surface area contributed by atoms with Crippen molar-refractivity contribution in [2.75, 3.05) is 13.1 Å². The molecule has 0 unspecified atom stereocenters. The maximum absolute atomic E-state index is 5.89. The van der Waals surface area contributed by atoms with Crippen LogP contribution in [-0.4, -0.2) is 24.1 Å². The molecule has 1 aliphatic rings. The highest BCUT2D eigenvalue weighted by Gasteiger charge is 2.17. The Balaban J connectivity index is 1.55. The molecule has 1 saturated carbocycles. The van der Waals surface area contributed by atoms with Gasteiger partial charge < -0.3 is 11.1 Å². The molecule has 90 valence electrons. The van der Waals surface area contributed by atoms with Crippen molar-refractivity contribution in [3.8, 4) is 0 Å². The van der Waals surface area contributed by atoms with Crippen LogP contribution in [0, 0.1) is 5.92 Å². The molecule has 0 aliphatic heterocycles. The summed E-state index contributed by atoms with van der Waals surface area (Å²) in [5, 5.41) is 5.66. The first-order valence-electron chi connectivity index (χ1n) is 6.18. The van der Waals surface area contributed by atoms with Crippen molar-refractivity contribution in [1.82, 2.24) is 10.3 Å². The zero-order chi connectivity index (χ0) is 11.2. The molecule has 0 radical (unpaired) electrons. The molecule has 1 heterocycles. The second-order valence-electron chi connectivity index (χ2n) is 4.71. The van der Waals surface area contributed by atoms with Crippen molar-refractivity contribution in [2.24, 2.45) is 11.7 Å². The Labute approximate surface area is 101 Å². The summed E-state index contributed by atoms with van der Waals surface area (Å²) in [7, 11) is 0. The van der Waals surface area contributed by atoms with E-state index in [1.54, 1.807) is 11.3 Å². The van der Waals surface area contributed by atoms with Gasteiger partial charge >= 0.3 is 0 Å². The van der Waals surface area contributed by atoms with Gasteiger partial charge in [-0.1, -0.05) is 0 Å². The number of thiazole rings is 1. The van der Waals surface area contributed by atoms with Gasteiger partial charge in [0.1, 0.15) is 0 Å². The third kappa shape index (κ3) is 3.85. The van der Waals surface area contributed by atoms with Crippen molar-refractivity contribution in [3.63, 3.8) is 0 Å². The van der Waals surface area contributed by atoms with E-state index < -0.39 is 0 Å². The molecule has 1 fully saturated rings. The monoisotopic (exact) mass is 239 g/mol. The number of hydrogen-bond acceptors (Lipinski definition) is 4. The van der Waals surface area contributed by atoms with Gasteiger partial charge in [0.2, 0.25) is 0 Å². The summed E-state index contributed by atoms with van der Waals surface area (Å²) in [4.78, 5) is 4.27. The molecule has 4 heteroatoms. The van der Waals surface area contributed by atoms with E-state index in [0.29, 0.717) is 6.04 Å². The van der Waals surface area contributed by atoms with E-state index in [9.17, 15) is 0 Å². The van der Waals surface area contributed by atoms with E-state index in [4.69, 9.17) is 5.73 Å². The van der Waals surface area contributed by atoms with Crippen LogP contribution >= 0.6 is 11.3 Å². The Morgan fingerprint density at radius 1 is 1.38 bits per heavy atom. The van der Waals surface area contributed by atoms with Gasteiger partial charge in [0.25, 0.3) is 0 Å². The third-order valence-corrected chi connectivity index (χ3v) is 4.00. The predicted octanol–water partition coefficient (Wildman–Crippen LogP) is 1.79. The van der Waals surface area contributed by atoms with Crippen molar-refractivity contribution in [3.05, 3.63) is 16.6 Å². The van der Waals surface area contributed by atoms with E-state index in [1.807, 2.05) is 5.51 Å². The molecule has 16 heavy (non-hydrogen) atoms. The predicted molar refractivity (Wildman–Crippen MR) is 68.6 cm³/mol. The largest absolute Gasteiger partial charge is 0.328 e. The molecular formula is C12H21N3S. The lowest BCUT2D eigenvalue weighted by atomic mass is 9.86. The topological polar surface area (TPSA) is 50.9 Å². The van der Waals surface area contributed by atoms with Gasteiger partial charge in [-0.2, -0.15) is 0 Å². The maximum atomic E-state index is 5.89. The van der Waals surface area contributed by atoms with Gasteiger partial charge in [0, 0.05) is 24.4 Å². The van der Waals surface area contributed by atoms with Gasteiger partial charge in [-0.25, -0.2) is 4.98 Å². The molecule has 1 aromatic heterocycles. The summed E-state index contributed by atoms with van der Waals surface area (Å²) in [6.07, 6.45) is 6.06. The second kappa shape index (κ2) is 6.33. The van der Waals surface area contributed by atoms with Crippen LogP contribution in [0.5, 0.6) is 0 Å². The average molecular weight is 239 g/mol. The SMILES string of the molecule is NC1CCC(CNCCc2cscn2)CC1. The van der Waals surface area contributed by atoms with Crippen LogP contribution in [0.1, 0.15) is 31.4 Å². The van der Waals surface area contributed by atoms with Gasteiger partial charge in [-0.05, 0) is 38.1 Å². The molecule has 0 spiro atoms. The fraction of sp³-hybridized carbons (Fsp3) is 0.750. The van der Waals surface area contributed by atoms with Crippen LogP contribution in [0.2, 0.25) is 0 Å². The zero-order valence-electron chi connectivity index (χ0n) is 9.69. The number of nitrogens with two attached hydrogens (primary N) is 1. The lowest BCUT2D eigenvalue weighted by Gasteiger charge is -2.26. The van der Waals surface area contributed by atoms with Crippen molar-refractivity contribution in [1.29, 1.82) is 0 Å². The Hall–Kier alpha value is -0.450. The second-order valence-corrected chi connectivity index (χ2v) is 5.43. The lowest BCUT2D eigenvalue weighted by molar-refractivity contribution is 0.315. The zero-order valence-corrected chi connectivity index (χ0v) is 10.5. The van der Waals surface area contributed by atoms with Crippen LogP contribution in [-0.2, 0) is 6.42 Å². The van der Waals surface area contributed by atoms with Crippen LogP contribution in [0.4, 0.5) is 0 Å². The van der Waals surface area contributed by atoms with Crippen LogP contribution in [0.15, 0.2) is 10.9 Å². The number of aromatic nitrogens is 1. The molecule has 1 aromatic rings. The highest BCUT2D eigenvalue weighted by Crippen LogP contribution is 2.22. The van der Waals surface area contributed by atoms with Crippen molar-refractivity contribution in [2.45, 2.75) is 38.1 Å². The Kier molecular flexibility index (Phi) is 4.75. The Morgan fingerprint density at radius 2 is 2.19 bits per heavy atom. The van der Waals surface area contributed by atoms with Gasteiger partial charge in [-0.15, -0.1) is 11.3 Å². The third-order valence-electron chi connectivity index (χ3n) is 3.37. The highest BCUT2D eigenvalue weighted by molar-refractivity contribution is 7.07. The van der Waals surface area contributed by atoms with Gasteiger partial charge in [0.05, 0.1) is 11.2 Å². The molecule has 0 saturated heterocycles. The van der Waals surface area contributed by atoms with Crippen LogP contribution in [0.3, 0.4) is 0 Å². The molecule has 2 rings (SSSR count). The summed E-state index contributed by atoms with van der Waals surface area (Å²) < 4.78 is 0. The standard InChI is InChI=1S/C12H21N3S/c13-11-3-1-10(2-4-11)7-14-6-5-12-8-16-9-15-12/h8-11,14H,1-7,13H2. The minimum Gasteiger partial charge on any atom is -0.328 e. The normalized spacial score (nSPS) is 25.8.